The zero-order chi connectivity index (χ0) is 15.8. The number of aryl methyl sites for hydroxylation is 1. The van der Waals surface area contributed by atoms with E-state index in [0.29, 0.717) is 17.0 Å². The van der Waals surface area contributed by atoms with Crippen molar-refractivity contribution in [2.75, 3.05) is 6.61 Å². The molecule has 0 saturated heterocycles. The van der Waals surface area contributed by atoms with Crippen molar-refractivity contribution in [3.63, 3.8) is 0 Å². The molecule has 0 heterocycles. The molecular weight excluding hydrogens is 262 g/mol. The highest BCUT2D eigenvalue weighted by Gasteiger charge is 2.18. The van der Waals surface area contributed by atoms with Gasteiger partial charge in [-0.15, -0.1) is 0 Å². The first-order valence-electron chi connectivity index (χ1n) is 7.54. The molecule has 0 aliphatic rings. The Hall–Kier alpha value is -1.79. The van der Waals surface area contributed by atoms with Crippen LogP contribution in [0.3, 0.4) is 0 Å². The summed E-state index contributed by atoms with van der Waals surface area (Å²) in [7, 11) is 0. The minimum absolute atomic E-state index is 0.100. The molecule has 0 aliphatic heterocycles. The summed E-state index contributed by atoms with van der Waals surface area (Å²) in [5.74, 6) is 5.84. The van der Waals surface area contributed by atoms with E-state index >= 15 is 0 Å². The summed E-state index contributed by atoms with van der Waals surface area (Å²) in [6.07, 6.45) is 2.09. The third-order valence-corrected chi connectivity index (χ3v) is 3.84. The number of amides is 1. The summed E-state index contributed by atoms with van der Waals surface area (Å²) in [6.45, 7) is 8.07. The SMILES string of the molecule is CCC(CC)C(C)NC(=O)c1ccc(C)cc1C#CCO. The number of benzene rings is 1. The van der Waals surface area contributed by atoms with Crippen LogP contribution in [-0.4, -0.2) is 23.7 Å². The van der Waals surface area contributed by atoms with Gasteiger partial charge in [0, 0.05) is 11.6 Å². The summed E-state index contributed by atoms with van der Waals surface area (Å²) in [5, 5.41) is 11.9. The molecule has 1 atom stereocenters. The fourth-order valence-electron chi connectivity index (χ4n) is 2.49. The molecule has 0 radical (unpaired) electrons. The van der Waals surface area contributed by atoms with Crippen molar-refractivity contribution in [1.29, 1.82) is 0 Å². The number of rotatable bonds is 5. The van der Waals surface area contributed by atoms with Gasteiger partial charge in [0.2, 0.25) is 0 Å². The molecule has 1 amide bonds. The molecule has 114 valence electrons. The van der Waals surface area contributed by atoms with E-state index in [-0.39, 0.29) is 18.6 Å². The van der Waals surface area contributed by atoms with Gasteiger partial charge in [-0.05, 0) is 37.5 Å². The average molecular weight is 287 g/mol. The van der Waals surface area contributed by atoms with Crippen molar-refractivity contribution in [2.45, 2.75) is 46.6 Å². The highest BCUT2D eigenvalue weighted by atomic mass is 16.2. The van der Waals surface area contributed by atoms with Gasteiger partial charge < -0.3 is 10.4 Å². The van der Waals surface area contributed by atoms with E-state index in [0.717, 1.165) is 18.4 Å². The van der Waals surface area contributed by atoms with Gasteiger partial charge in [0.25, 0.3) is 5.91 Å². The van der Waals surface area contributed by atoms with Crippen molar-refractivity contribution in [3.05, 3.63) is 34.9 Å². The van der Waals surface area contributed by atoms with Crippen LogP contribution in [0.5, 0.6) is 0 Å². The van der Waals surface area contributed by atoms with Crippen LogP contribution in [0.4, 0.5) is 0 Å². The maximum Gasteiger partial charge on any atom is 0.252 e. The molecular formula is C18H25NO2. The standard InChI is InChI=1S/C18H25NO2/c1-5-15(6-2)14(4)19-18(21)17-10-9-13(3)12-16(17)8-7-11-20/h9-10,12,14-15,20H,5-6,11H2,1-4H3,(H,19,21). The molecule has 1 unspecified atom stereocenters. The third-order valence-electron chi connectivity index (χ3n) is 3.84. The largest absolute Gasteiger partial charge is 0.384 e. The lowest BCUT2D eigenvalue weighted by Gasteiger charge is -2.22. The normalized spacial score (nSPS) is 11.7. The van der Waals surface area contributed by atoms with Crippen molar-refractivity contribution in [3.8, 4) is 11.8 Å². The molecule has 2 N–H and O–H groups in total. The number of hydrogen-bond donors (Lipinski definition) is 2. The Bertz CT molecular complexity index is 536. The van der Waals surface area contributed by atoms with Crippen LogP contribution in [0.1, 0.15) is 55.1 Å². The first-order chi connectivity index (χ1) is 10.0. The molecule has 3 heteroatoms. The second kappa shape index (κ2) is 8.49. The summed E-state index contributed by atoms with van der Waals surface area (Å²) in [5.41, 5.74) is 2.28. The zero-order valence-corrected chi connectivity index (χ0v) is 13.4. The number of carbonyl (C=O) groups is 1. The van der Waals surface area contributed by atoms with Gasteiger partial charge in [0.05, 0.1) is 5.56 Å². The molecule has 1 rings (SSSR count). The maximum absolute atomic E-state index is 12.4. The van der Waals surface area contributed by atoms with E-state index in [1.165, 1.54) is 0 Å². The van der Waals surface area contributed by atoms with E-state index in [4.69, 9.17) is 5.11 Å². The van der Waals surface area contributed by atoms with E-state index in [2.05, 4.69) is 31.0 Å². The maximum atomic E-state index is 12.4. The number of aliphatic hydroxyl groups excluding tert-OH is 1. The van der Waals surface area contributed by atoms with Crippen molar-refractivity contribution < 1.29 is 9.90 Å². The van der Waals surface area contributed by atoms with E-state index < -0.39 is 0 Å². The fourth-order valence-corrected chi connectivity index (χ4v) is 2.49. The lowest BCUT2D eigenvalue weighted by Crippen LogP contribution is -2.38. The Morgan fingerprint density at radius 2 is 2.00 bits per heavy atom. The molecule has 0 spiro atoms. The van der Waals surface area contributed by atoms with Gasteiger partial charge in [-0.2, -0.15) is 0 Å². The first kappa shape index (κ1) is 17.3. The first-order valence-corrected chi connectivity index (χ1v) is 7.54. The monoisotopic (exact) mass is 287 g/mol. The third kappa shape index (κ3) is 4.91. The predicted molar refractivity (Wildman–Crippen MR) is 86.1 cm³/mol. The van der Waals surface area contributed by atoms with Gasteiger partial charge in [-0.25, -0.2) is 0 Å². The van der Waals surface area contributed by atoms with Crippen LogP contribution in [0, 0.1) is 24.7 Å². The van der Waals surface area contributed by atoms with E-state index in [9.17, 15) is 4.79 Å². The van der Waals surface area contributed by atoms with Crippen LogP contribution in [-0.2, 0) is 0 Å². The number of nitrogens with one attached hydrogen (secondary N) is 1. The summed E-state index contributed by atoms with van der Waals surface area (Å²) in [4.78, 5) is 12.4. The molecule has 1 aromatic carbocycles. The minimum Gasteiger partial charge on any atom is -0.384 e. The highest BCUT2D eigenvalue weighted by molar-refractivity contribution is 5.97. The summed E-state index contributed by atoms with van der Waals surface area (Å²) >= 11 is 0. The van der Waals surface area contributed by atoms with Crippen LogP contribution in [0.2, 0.25) is 0 Å². The number of carbonyl (C=O) groups excluding carboxylic acids is 1. The Morgan fingerprint density at radius 3 is 2.57 bits per heavy atom. The van der Waals surface area contributed by atoms with Gasteiger partial charge in [-0.3, -0.25) is 4.79 Å². The highest BCUT2D eigenvalue weighted by Crippen LogP contribution is 2.15. The predicted octanol–water partition coefficient (Wildman–Crippen LogP) is 2.89. The zero-order valence-electron chi connectivity index (χ0n) is 13.4. The second-order valence-corrected chi connectivity index (χ2v) is 5.35. The average Bonchev–Trinajstić information content (AvgIpc) is 2.46. The smallest absolute Gasteiger partial charge is 0.252 e. The molecule has 0 fully saturated rings. The van der Waals surface area contributed by atoms with E-state index in [1.807, 2.05) is 26.0 Å². The Morgan fingerprint density at radius 1 is 1.33 bits per heavy atom. The molecule has 0 aromatic heterocycles. The second-order valence-electron chi connectivity index (χ2n) is 5.35. The van der Waals surface area contributed by atoms with E-state index in [1.54, 1.807) is 6.07 Å². The molecule has 0 bridgehead atoms. The molecule has 1 aromatic rings. The van der Waals surface area contributed by atoms with Crippen molar-refractivity contribution in [2.24, 2.45) is 5.92 Å². The van der Waals surface area contributed by atoms with Gasteiger partial charge >= 0.3 is 0 Å². The summed E-state index contributed by atoms with van der Waals surface area (Å²) in [6, 6.07) is 5.71. The quantitative estimate of drug-likeness (QED) is 0.818. The van der Waals surface area contributed by atoms with Crippen LogP contribution < -0.4 is 5.32 Å². The Labute approximate surface area is 127 Å². The lowest BCUT2D eigenvalue weighted by molar-refractivity contribution is 0.0925. The summed E-state index contributed by atoms with van der Waals surface area (Å²) < 4.78 is 0. The molecule has 0 aliphatic carbocycles. The molecule has 3 nitrogen and oxygen atoms in total. The van der Waals surface area contributed by atoms with Gasteiger partial charge in [-0.1, -0.05) is 44.6 Å². The van der Waals surface area contributed by atoms with Crippen molar-refractivity contribution in [1.82, 2.24) is 5.32 Å². The number of hydrogen-bond acceptors (Lipinski definition) is 2. The Kier molecular flexibility index (Phi) is 6.98. The van der Waals surface area contributed by atoms with Crippen LogP contribution in [0.25, 0.3) is 0 Å². The lowest BCUT2D eigenvalue weighted by atomic mass is 9.95. The van der Waals surface area contributed by atoms with Gasteiger partial charge in [0.1, 0.15) is 6.61 Å². The fraction of sp³-hybridized carbons (Fsp3) is 0.500. The Balaban J connectivity index is 2.96. The van der Waals surface area contributed by atoms with Gasteiger partial charge in [0.15, 0.2) is 0 Å². The topological polar surface area (TPSA) is 49.3 Å². The number of aliphatic hydroxyl groups is 1. The minimum atomic E-state index is -0.209. The molecule has 21 heavy (non-hydrogen) atoms. The van der Waals surface area contributed by atoms with Crippen molar-refractivity contribution >= 4 is 5.91 Å². The molecule has 0 saturated carbocycles. The van der Waals surface area contributed by atoms with Crippen LogP contribution >= 0.6 is 0 Å². The van der Waals surface area contributed by atoms with Crippen LogP contribution in [0.15, 0.2) is 18.2 Å².